The molecule has 7 N–H and O–H groups in total. The number of aliphatic hydroxyl groups excluding tert-OH is 5. The molecule has 1 fully saturated rings. The van der Waals surface area contributed by atoms with Crippen LogP contribution in [0.1, 0.15) is 155 Å². The van der Waals surface area contributed by atoms with Crippen LogP contribution in [0, 0.1) is 0 Å². The number of hydrogen-bond donors (Lipinski definition) is 7. The Bertz CT molecular complexity index is 1230. The fourth-order valence-corrected chi connectivity index (χ4v) is 6.94. The highest BCUT2D eigenvalue weighted by atomic mass is 32.3. The van der Waals surface area contributed by atoms with Crippen molar-refractivity contribution in [2.75, 3.05) is 13.2 Å². The second-order valence-corrected chi connectivity index (χ2v) is 16.1. The van der Waals surface area contributed by atoms with Crippen LogP contribution in [0.25, 0.3) is 0 Å². The van der Waals surface area contributed by atoms with Gasteiger partial charge in [0.2, 0.25) is 5.91 Å². The molecule has 0 aromatic heterocycles. The molecule has 1 heterocycles. The molecule has 0 saturated carbocycles. The Morgan fingerprint density at radius 3 is 1.70 bits per heavy atom. The molecule has 57 heavy (non-hydrogen) atoms. The molecule has 1 saturated heterocycles. The summed E-state index contributed by atoms with van der Waals surface area (Å²) >= 11 is 0. The fourth-order valence-electron chi connectivity index (χ4n) is 6.43. The second-order valence-electron chi connectivity index (χ2n) is 15.0. The average molecular weight is 832 g/mol. The van der Waals surface area contributed by atoms with Crippen molar-refractivity contribution in [2.24, 2.45) is 0 Å². The minimum Gasteiger partial charge on any atom is -0.394 e. The lowest BCUT2D eigenvalue weighted by atomic mass is 9.99. The number of hydrogen-bond acceptors (Lipinski definition) is 11. The smallest absolute Gasteiger partial charge is 0.394 e. The number of carbonyl (C=O) groups excluding carboxylic acids is 1. The maximum atomic E-state index is 13.0. The van der Waals surface area contributed by atoms with Crippen LogP contribution in [-0.2, 0) is 28.9 Å². The quantitative estimate of drug-likeness (QED) is 0.0203. The van der Waals surface area contributed by atoms with Crippen molar-refractivity contribution in [1.82, 2.24) is 5.32 Å². The first kappa shape index (κ1) is 53.0. The number of nitrogens with one attached hydrogen (secondary N) is 1. The van der Waals surface area contributed by atoms with E-state index in [0.717, 1.165) is 51.4 Å². The van der Waals surface area contributed by atoms with E-state index in [0.29, 0.717) is 12.8 Å². The van der Waals surface area contributed by atoms with Crippen LogP contribution in [0.15, 0.2) is 48.6 Å². The van der Waals surface area contributed by atoms with E-state index in [-0.39, 0.29) is 6.42 Å². The van der Waals surface area contributed by atoms with Gasteiger partial charge < -0.3 is 40.3 Å². The van der Waals surface area contributed by atoms with Crippen molar-refractivity contribution in [1.29, 1.82) is 0 Å². The number of ether oxygens (including phenoxy) is 2. The van der Waals surface area contributed by atoms with Gasteiger partial charge in [-0.15, -0.1) is 0 Å². The fraction of sp³-hybridized carbons (Fsp3) is 0.791. The Kier molecular flexibility index (Phi) is 31.5. The largest absolute Gasteiger partial charge is 0.397 e. The lowest BCUT2D eigenvalue weighted by Crippen LogP contribution is -2.61. The average Bonchev–Trinajstić information content (AvgIpc) is 3.18. The van der Waals surface area contributed by atoms with Crippen LogP contribution < -0.4 is 5.32 Å². The maximum Gasteiger partial charge on any atom is 0.397 e. The molecule has 13 nitrogen and oxygen atoms in total. The molecule has 8 atom stereocenters. The molecule has 14 heteroatoms. The van der Waals surface area contributed by atoms with Crippen molar-refractivity contribution in [3.05, 3.63) is 48.6 Å². The molecule has 0 aliphatic carbocycles. The van der Waals surface area contributed by atoms with Gasteiger partial charge in [0.15, 0.2) is 6.29 Å². The van der Waals surface area contributed by atoms with E-state index in [1.165, 1.54) is 76.7 Å². The van der Waals surface area contributed by atoms with Gasteiger partial charge in [0, 0.05) is 0 Å². The van der Waals surface area contributed by atoms with E-state index in [4.69, 9.17) is 14.0 Å². The zero-order valence-corrected chi connectivity index (χ0v) is 35.6. The van der Waals surface area contributed by atoms with Crippen LogP contribution in [0.5, 0.6) is 0 Å². The molecule has 1 aliphatic heterocycles. The van der Waals surface area contributed by atoms with Crippen LogP contribution in [-0.4, -0.2) is 107 Å². The normalized spacial score (nSPS) is 22.3. The number of aliphatic hydroxyl groups is 5. The first-order valence-electron chi connectivity index (χ1n) is 21.6. The number of amides is 1. The molecule has 0 radical (unpaired) electrons. The van der Waals surface area contributed by atoms with E-state index in [9.17, 15) is 38.7 Å². The van der Waals surface area contributed by atoms with Gasteiger partial charge in [-0.1, -0.05) is 140 Å². The standard InChI is InChI=1S/C43H77NO12S/c1-3-5-7-9-11-13-14-15-16-17-18-19-20-21-22-23-24-26-27-29-31-36(46)35(44-42(50)37(47)32-30-28-25-12-10-8-6-4-2)34-54-43-40(49)41(56-57(51,52)53)39(48)38(33-45)55-43/h19-20,23-25,28-29,31,35-41,43,45-49H,3-18,21-22,26-27,30,32-34H2,1-2H3,(H,44,50)(H,51,52,53)/b20-19+,24-23+,28-25-,31-29+. The lowest BCUT2D eigenvalue weighted by Gasteiger charge is -2.41. The van der Waals surface area contributed by atoms with Crippen molar-refractivity contribution in [3.8, 4) is 0 Å². The topological polar surface area (TPSA) is 212 Å². The lowest BCUT2D eigenvalue weighted by molar-refractivity contribution is -0.298. The number of carbonyl (C=O) groups is 1. The highest BCUT2D eigenvalue weighted by Gasteiger charge is 2.48. The second kappa shape index (κ2) is 33.8. The summed E-state index contributed by atoms with van der Waals surface area (Å²) in [5.41, 5.74) is 0. The maximum absolute atomic E-state index is 13.0. The Balaban J connectivity index is 2.64. The van der Waals surface area contributed by atoms with Crippen molar-refractivity contribution in [3.63, 3.8) is 0 Å². The van der Waals surface area contributed by atoms with Gasteiger partial charge in [-0.2, -0.15) is 8.42 Å². The van der Waals surface area contributed by atoms with Gasteiger partial charge in [0.05, 0.1) is 25.4 Å². The molecule has 0 aromatic rings. The Labute approximate surface area is 343 Å². The summed E-state index contributed by atoms with van der Waals surface area (Å²) in [4.78, 5) is 13.0. The first-order valence-corrected chi connectivity index (χ1v) is 23.0. The predicted octanol–water partition coefficient (Wildman–Crippen LogP) is 6.68. The van der Waals surface area contributed by atoms with E-state index in [1.54, 1.807) is 6.08 Å². The van der Waals surface area contributed by atoms with E-state index >= 15 is 0 Å². The molecule has 0 bridgehead atoms. The molecule has 8 unspecified atom stereocenters. The van der Waals surface area contributed by atoms with Crippen LogP contribution >= 0.6 is 0 Å². The number of unbranched alkanes of at least 4 members (excludes halogenated alkanes) is 16. The van der Waals surface area contributed by atoms with Crippen molar-refractivity contribution in [2.45, 2.75) is 204 Å². The van der Waals surface area contributed by atoms with Crippen molar-refractivity contribution >= 4 is 16.3 Å². The third-order valence-corrected chi connectivity index (χ3v) is 10.4. The summed E-state index contributed by atoms with van der Waals surface area (Å²) in [6.07, 6.45) is 28.1. The van der Waals surface area contributed by atoms with Gasteiger partial charge in [0.25, 0.3) is 0 Å². The van der Waals surface area contributed by atoms with Gasteiger partial charge in [-0.25, -0.2) is 4.18 Å². The molecule has 0 spiro atoms. The number of allylic oxidation sites excluding steroid dienone is 7. The molecule has 1 rings (SSSR count). The molecule has 1 amide bonds. The third kappa shape index (κ3) is 26.7. The molecule has 0 aromatic carbocycles. The minimum atomic E-state index is -5.12. The minimum absolute atomic E-state index is 0.146. The SMILES string of the molecule is CCCCCC/C=C\CCC(O)C(=O)NC(COC1OC(CO)C(O)C(OS(=O)(=O)O)C1O)C(O)/C=C/CC/C=C/CC/C=C/CCCCCCCCCCCC. The molecule has 332 valence electrons. The van der Waals surface area contributed by atoms with Crippen molar-refractivity contribution < 1.29 is 57.0 Å². The Hall–Kier alpha value is -1.98. The van der Waals surface area contributed by atoms with Crippen LogP contribution in [0.4, 0.5) is 0 Å². The zero-order valence-electron chi connectivity index (χ0n) is 34.7. The van der Waals surface area contributed by atoms with Gasteiger partial charge >= 0.3 is 10.4 Å². The van der Waals surface area contributed by atoms with Gasteiger partial charge in [0.1, 0.15) is 30.5 Å². The summed E-state index contributed by atoms with van der Waals surface area (Å²) in [7, 11) is -5.12. The first-order chi connectivity index (χ1) is 27.4. The van der Waals surface area contributed by atoms with E-state index in [2.05, 4.69) is 47.7 Å². The predicted molar refractivity (Wildman–Crippen MR) is 224 cm³/mol. The molecular weight excluding hydrogens is 755 g/mol. The zero-order chi connectivity index (χ0) is 42.2. The van der Waals surface area contributed by atoms with Gasteiger partial charge in [-0.3, -0.25) is 9.35 Å². The number of rotatable bonds is 35. The van der Waals surface area contributed by atoms with Crippen LogP contribution in [0.2, 0.25) is 0 Å². The highest BCUT2D eigenvalue weighted by molar-refractivity contribution is 7.80. The Morgan fingerprint density at radius 2 is 1.18 bits per heavy atom. The Morgan fingerprint density at radius 1 is 0.702 bits per heavy atom. The monoisotopic (exact) mass is 832 g/mol. The molecule has 1 aliphatic rings. The summed E-state index contributed by atoms with van der Waals surface area (Å²) < 4.78 is 47.3. The van der Waals surface area contributed by atoms with Gasteiger partial charge in [-0.05, 0) is 64.2 Å². The van der Waals surface area contributed by atoms with E-state index in [1.807, 2.05) is 12.2 Å². The summed E-state index contributed by atoms with van der Waals surface area (Å²) in [6, 6.07) is -1.16. The highest BCUT2D eigenvalue weighted by Crippen LogP contribution is 2.26. The summed E-state index contributed by atoms with van der Waals surface area (Å²) in [6.45, 7) is 3.09. The molecular formula is C43H77NO12S. The summed E-state index contributed by atoms with van der Waals surface area (Å²) in [5, 5.41) is 54.8. The third-order valence-electron chi connectivity index (χ3n) is 9.93. The van der Waals surface area contributed by atoms with Crippen LogP contribution in [0.3, 0.4) is 0 Å². The summed E-state index contributed by atoms with van der Waals surface area (Å²) in [5.74, 6) is -0.755. The van der Waals surface area contributed by atoms with E-state index < -0.39 is 78.5 Å².